The average molecular weight is 304 g/mol. The van der Waals surface area contributed by atoms with Gasteiger partial charge in [0.2, 0.25) is 5.91 Å². The summed E-state index contributed by atoms with van der Waals surface area (Å²) in [4.78, 5) is 11.8. The molecule has 1 aliphatic rings. The maximum absolute atomic E-state index is 11.8. The molecule has 3 heteroatoms. The molecule has 0 aromatic heterocycles. The first-order valence-electron chi connectivity index (χ1n) is 7.09. The highest BCUT2D eigenvalue weighted by Crippen LogP contribution is 2.26. The summed E-state index contributed by atoms with van der Waals surface area (Å²) in [5, 5.41) is 4.14. The van der Waals surface area contributed by atoms with Crippen molar-refractivity contribution in [1.82, 2.24) is 5.32 Å². The van der Waals surface area contributed by atoms with Crippen LogP contribution in [0.15, 0.2) is 0 Å². The van der Waals surface area contributed by atoms with Crippen molar-refractivity contribution < 1.29 is 4.79 Å². The second kappa shape index (κ2) is 8.96. The standard InChI is InChI=1S/C14H26BrNO/c1-2-12(8-9-15)11-16-14(17)10-13-6-4-3-5-7-13/h12-13H,2-11H2,1H3,(H,16,17). The Hall–Kier alpha value is -0.0500. The van der Waals surface area contributed by atoms with Crippen molar-refractivity contribution in [3.8, 4) is 0 Å². The molecule has 0 saturated heterocycles. The molecule has 17 heavy (non-hydrogen) atoms. The van der Waals surface area contributed by atoms with Crippen molar-refractivity contribution >= 4 is 21.8 Å². The van der Waals surface area contributed by atoms with Gasteiger partial charge in [-0.2, -0.15) is 0 Å². The van der Waals surface area contributed by atoms with E-state index in [0.717, 1.165) is 31.1 Å². The van der Waals surface area contributed by atoms with Gasteiger partial charge in [0.05, 0.1) is 0 Å². The van der Waals surface area contributed by atoms with Crippen molar-refractivity contribution in [3.05, 3.63) is 0 Å². The molecule has 2 nitrogen and oxygen atoms in total. The maximum Gasteiger partial charge on any atom is 0.220 e. The number of alkyl halides is 1. The van der Waals surface area contributed by atoms with Gasteiger partial charge in [0.1, 0.15) is 0 Å². The van der Waals surface area contributed by atoms with Gasteiger partial charge < -0.3 is 5.32 Å². The molecule has 1 fully saturated rings. The molecule has 1 atom stereocenters. The third-order valence-electron chi connectivity index (χ3n) is 3.88. The number of hydrogen-bond acceptors (Lipinski definition) is 1. The molecule has 0 bridgehead atoms. The van der Waals surface area contributed by atoms with Crippen LogP contribution in [0.3, 0.4) is 0 Å². The van der Waals surface area contributed by atoms with Crippen LogP contribution < -0.4 is 5.32 Å². The molecule has 0 aromatic rings. The number of carbonyl (C=O) groups excluding carboxylic acids is 1. The number of amides is 1. The summed E-state index contributed by atoms with van der Waals surface area (Å²) in [6, 6.07) is 0. The van der Waals surface area contributed by atoms with E-state index >= 15 is 0 Å². The normalized spacial score (nSPS) is 18.9. The number of nitrogens with one attached hydrogen (secondary N) is 1. The van der Waals surface area contributed by atoms with Gasteiger partial charge in [-0.05, 0) is 31.1 Å². The second-order valence-electron chi connectivity index (χ2n) is 5.26. The summed E-state index contributed by atoms with van der Waals surface area (Å²) in [7, 11) is 0. The number of rotatable bonds is 7. The number of carbonyl (C=O) groups is 1. The topological polar surface area (TPSA) is 29.1 Å². The fourth-order valence-electron chi connectivity index (χ4n) is 2.59. The second-order valence-corrected chi connectivity index (χ2v) is 6.06. The Morgan fingerprint density at radius 3 is 2.65 bits per heavy atom. The van der Waals surface area contributed by atoms with E-state index in [9.17, 15) is 4.79 Å². The molecule has 1 saturated carbocycles. The van der Waals surface area contributed by atoms with E-state index in [0.29, 0.717) is 11.8 Å². The molecular weight excluding hydrogens is 278 g/mol. The third-order valence-corrected chi connectivity index (χ3v) is 4.34. The zero-order valence-electron chi connectivity index (χ0n) is 11.0. The molecule has 0 radical (unpaired) electrons. The molecule has 0 aliphatic heterocycles. The zero-order chi connectivity index (χ0) is 12.5. The van der Waals surface area contributed by atoms with Crippen molar-refractivity contribution in [2.75, 3.05) is 11.9 Å². The lowest BCUT2D eigenvalue weighted by Gasteiger charge is -2.21. The van der Waals surface area contributed by atoms with Crippen LogP contribution in [-0.4, -0.2) is 17.8 Å². The number of halogens is 1. The average Bonchev–Trinajstić information content (AvgIpc) is 2.35. The van der Waals surface area contributed by atoms with Crippen LogP contribution in [0, 0.1) is 11.8 Å². The molecule has 1 amide bonds. The summed E-state index contributed by atoms with van der Waals surface area (Å²) in [5.41, 5.74) is 0. The molecule has 0 heterocycles. The van der Waals surface area contributed by atoms with Crippen LogP contribution in [-0.2, 0) is 4.79 Å². The summed E-state index contributed by atoms with van der Waals surface area (Å²) >= 11 is 3.46. The van der Waals surface area contributed by atoms with Gasteiger partial charge in [-0.25, -0.2) is 0 Å². The Bertz CT molecular complexity index is 214. The quantitative estimate of drug-likeness (QED) is 0.710. The SMILES string of the molecule is CCC(CCBr)CNC(=O)CC1CCCCC1. The van der Waals surface area contributed by atoms with Crippen molar-refractivity contribution in [2.24, 2.45) is 11.8 Å². The Morgan fingerprint density at radius 2 is 2.06 bits per heavy atom. The lowest BCUT2D eigenvalue weighted by molar-refractivity contribution is -0.122. The van der Waals surface area contributed by atoms with Gasteiger partial charge in [-0.1, -0.05) is 48.5 Å². The van der Waals surface area contributed by atoms with Crippen molar-refractivity contribution in [2.45, 2.75) is 58.3 Å². The molecule has 1 rings (SSSR count). The lowest BCUT2D eigenvalue weighted by Crippen LogP contribution is -2.31. The molecule has 0 spiro atoms. The summed E-state index contributed by atoms with van der Waals surface area (Å²) in [6.07, 6.45) is 9.57. The third kappa shape index (κ3) is 6.44. The van der Waals surface area contributed by atoms with E-state index in [1.165, 1.54) is 32.1 Å². The predicted octanol–water partition coefficient (Wildman–Crippen LogP) is 3.88. The summed E-state index contributed by atoms with van der Waals surface area (Å²) in [5.74, 6) is 1.55. The summed E-state index contributed by atoms with van der Waals surface area (Å²) < 4.78 is 0. The van der Waals surface area contributed by atoms with Gasteiger partial charge in [0.15, 0.2) is 0 Å². The van der Waals surface area contributed by atoms with Gasteiger partial charge in [-0.15, -0.1) is 0 Å². The highest BCUT2D eigenvalue weighted by atomic mass is 79.9. The minimum absolute atomic E-state index is 0.268. The number of hydrogen-bond donors (Lipinski definition) is 1. The first-order chi connectivity index (χ1) is 8.26. The first-order valence-corrected chi connectivity index (χ1v) is 8.21. The highest BCUT2D eigenvalue weighted by Gasteiger charge is 2.17. The molecular formula is C14H26BrNO. The van der Waals surface area contributed by atoms with Crippen LogP contribution in [0.1, 0.15) is 58.3 Å². The van der Waals surface area contributed by atoms with E-state index in [1.54, 1.807) is 0 Å². The Morgan fingerprint density at radius 1 is 1.35 bits per heavy atom. The Balaban J connectivity index is 2.14. The van der Waals surface area contributed by atoms with Crippen molar-refractivity contribution in [3.63, 3.8) is 0 Å². The van der Waals surface area contributed by atoms with E-state index in [4.69, 9.17) is 0 Å². The largest absolute Gasteiger partial charge is 0.356 e. The van der Waals surface area contributed by atoms with Crippen molar-refractivity contribution in [1.29, 1.82) is 0 Å². The minimum Gasteiger partial charge on any atom is -0.356 e. The van der Waals surface area contributed by atoms with Crippen LogP contribution in [0.25, 0.3) is 0 Å². The molecule has 1 aliphatic carbocycles. The summed E-state index contributed by atoms with van der Waals surface area (Å²) in [6.45, 7) is 3.05. The zero-order valence-corrected chi connectivity index (χ0v) is 12.6. The van der Waals surface area contributed by atoms with Gasteiger partial charge in [0.25, 0.3) is 0 Å². The highest BCUT2D eigenvalue weighted by molar-refractivity contribution is 9.09. The van der Waals surface area contributed by atoms with Crippen LogP contribution in [0.5, 0.6) is 0 Å². The lowest BCUT2D eigenvalue weighted by atomic mass is 9.87. The molecule has 1 unspecified atom stereocenters. The maximum atomic E-state index is 11.8. The Labute approximate surface area is 114 Å². The van der Waals surface area contributed by atoms with Gasteiger partial charge >= 0.3 is 0 Å². The van der Waals surface area contributed by atoms with Crippen LogP contribution in [0.4, 0.5) is 0 Å². The van der Waals surface area contributed by atoms with E-state index in [1.807, 2.05) is 0 Å². The molecule has 100 valence electrons. The Kier molecular flexibility index (Phi) is 7.91. The monoisotopic (exact) mass is 303 g/mol. The van der Waals surface area contributed by atoms with Gasteiger partial charge in [0, 0.05) is 18.3 Å². The van der Waals surface area contributed by atoms with Crippen LogP contribution >= 0.6 is 15.9 Å². The smallest absolute Gasteiger partial charge is 0.220 e. The minimum atomic E-state index is 0.268. The first kappa shape index (κ1) is 15.0. The van der Waals surface area contributed by atoms with E-state index in [-0.39, 0.29) is 5.91 Å². The van der Waals surface area contributed by atoms with E-state index in [2.05, 4.69) is 28.2 Å². The molecule has 1 N–H and O–H groups in total. The van der Waals surface area contributed by atoms with Crippen LogP contribution in [0.2, 0.25) is 0 Å². The fraction of sp³-hybridized carbons (Fsp3) is 0.929. The van der Waals surface area contributed by atoms with Gasteiger partial charge in [-0.3, -0.25) is 4.79 Å². The van der Waals surface area contributed by atoms with E-state index < -0.39 is 0 Å². The molecule has 0 aromatic carbocycles. The fourth-order valence-corrected chi connectivity index (χ4v) is 3.24. The predicted molar refractivity (Wildman–Crippen MR) is 76.4 cm³/mol.